The molecule has 0 unspecified atom stereocenters. The van der Waals surface area contributed by atoms with E-state index in [4.69, 9.17) is 9.47 Å². The number of nitro groups is 1. The number of aromatic nitrogens is 1. The highest BCUT2D eigenvalue weighted by molar-refractivity contribution is 5.84. The normalized spacial score (nSPS) is 10.7. The van der Waals surface area contributed by atoms with Crippen LogP contribution in [0.4, 0.5) is 5.69 Å². The molecule has 0 aliphatic carbocycles. The number of aryl methyl sites for hydroxylation is 1. The predicted molar refractivity (Wildman–Crippen MR) is 99.8 cm³/mol. The zero-order valence-electron chi connectivity index (χ0n) is 14.6. The fraction of sp³-hybridized carbons (Fsp3) is 0.250. The fourth-order valence-corrected chi connectivity index (χ4v) is 2.57. The number of nitrogens with zero attached hydrogens (tertiary/aromatic N) is 2. The molecule has 0 N–H and O–H groups in total. The number of rotatable bonds is 8. The summed E-state index contributed by atoms with van der Waals surface area (Å²) in [4.78, 5) is 14.7. The summed E-state index contributed by atoms with van der Waals surface area (Å²) in [6, 6.07) is 16.0. The Bertz CT molecular complexity index is 894. The molecule has 0 saturated heterocycles. The molecule has 0 saturated carbocycles. The van der Waals surface area contributed by atoms with Crippen LogP contribution < -0.4 is 9.47 Å². The number of pyridine rings is 1. The zero-order valence-corrected chi connectivity index (χ0v) is 14.6. The molecular weight excluding hydrogens is 332 g/mol. The van der Waals surface area contributed by atoms with Crippen molar-refractivity contribution in [2.75, 3.05) is 13.2 Å². The van der Waals surface area contributed by atoms with Gasteiger partial charge in [0.1, 0.15) is 17.0 Å². The number of para-hydroxylation sites is 1. The Morgan fingerprint density at radius 2 is 1.69 bits per heavy atom. The van der Waals surface area contributed by atoms with E-state index in [1.165, 1.54) is 12.1 Å². The molecule has 0 amide bonds. The van der Waals surface area contributed by atoms with Gasteiger partial charge in [-0.15, -0.1) is 0 Å². The lowest BCUT2D eigenvalue weighted by Gasteiger charge is -2.10. The molecule has 2 aromatic carbocycles. The maximum Gasteiger partial charge on any atom is 0.269 e. The van der Waals surface area contributed by atoms with Crippen LogP contribution in [-0.2, 0) is 0 Å². The first-order valence-electron chi connectivity index (χ1n) is 8.50. The number of unbranched alkanes of at least 4 members (excludes halogenated alkanes) is 1. The van der Waals surface area contributed by atoms with Crippen LogP contribution in [0.2, 0.25) is 0 Å². The number of nitro benzene ring substituents is 1. The van der Waals surface area contributed by atoms with Gasteiger partial charge < -0.3 is 9.47 Å². The van der Waals surface area contributed by atoms with Gasteiger partial charge in [-0.3, -0.25) is 10.1 Å². The topological polar surface area (TPSA) is 74.5 Å². The third-order valence-corrected chi connectivity index (χ3v) is 3.93. The highest BCUT2D eigenvalue weighted by Gasteiger charge is 2.05. The van der Waals surface area contributed by atoms with Crippen molar-refractivity contribution in [1.82, 2.24) is 4.98 Å². The minimum atomic E-state index is -0.426. The second-order valence-electron chi connectivity index (χ2n) is 5.94. The van der Waals surface area contributed by atoms with E-state index in [1.54, 1.807) is 12.1 Å². The lowest BCUT2D eigenvalue weighted by molar-refractivity contribution is -0.384. The Morgan fingerprint density at radius 3 is 2.42 bits per heavy atom. The summed E-state index contributed by atoms with van der Waals surface area (Å²) in [6.45, 7) is 3.08. The van der Waals surface area contributed by atoms with E-state index in [1.807, 2.05) is 37.3 Å². The van der Waals surface area contributed by atoms with Crippen molar-refractivity contribution in [2.24, 2.45) is 0 Å². The lowest BCUT2D eigenvalue weighted by Crippen LogP contribution is -2.03. The second kappa shape index (κ2) is 8.29. The van der Waals surface area contributed by atoms with E-state index >= 15 is 0 Å². The third kappa shape index (κ3) is 4.47. The van der Waals surface area contributed by atoms with Gasteiger partial charge in [0.25, 0.3) is 5.69 Å². The Morgan fingerprint density at radius 1 is 0.962 bits per heavy atom. The molecule has 0 spiro atoms. The fourth-order valence-electron chi connectivity index (χ4n) is 2.57. The highest BCUT2D eigenvalue weighted by Crippen LogP contribution is 2.24. The van der Waals surface area contributed by atoms with Crippen LogP contribution >= 0.6 is 0 Å². The molecule has 0 aliphatic heterocycles. The van der Waals surface area contributed by atoms with Crippen LogP contribution in [0.3, 0.4) is 0 Å². The van der Waals surface area contributed by atoms with Crippen LogP contribution in [0, 0.1) is 17.0 Å². The van der Waals surface area contributed by atoms with Crippen molar-refractivity contribution in [2.45, 2.75) is 19.8 Å². The molecular formula is C20H20N2O4. The number of ether oxygens (including phenoxy) is 2. The van der Waals surface area contributed by atoms with Gasteiger partial charge in [0, 0.05) is 23.2 Å². The maximum absolute atomic E-state index is 10.6. The highest BCUT2D eigenvalue weighted by atomic mass is 16.6. The Hall–Kier alpha value is -3.15. The largest absolute Gasteiger partial charge is 0.494 e. The van der Waals surface area contributed by atoms with Crippen molar-refractivity contribution in [3.63, 3.8) is 0 Å². The number of benzene rings is 2. The van der Waals surface area contributed by atoms with Gasteiger partial charge in [-0.05, 0) is 44.0 Å². The summed E-state index contributed by atoms with van der Waals surface area (Å²) in [5, 5.41) is 11.7. The average Bonchev–Trinajstić information content (AvgIpc) is 2.65. The van der Waals surface area contributed by atoms with Gasteiger partial charge in [0.15, 0.2) is 0 Å². The van der Waals surface area contributed by atoms with Gasteiger partial charge in [-0.25, -0.2) is 4.98 Å². The summed E-state index contributed by atoms with van der Waals surface area (Å²) in [5.74, 6) is 1.42. The van der Waals surface area contributed by atoms with Gasteiger partial charge in [-0.2, -0.15) is 0 Å². The quantitative estimate of drug-likeness (QED) is 0.334. The van der Waals surface area contributed by atoms with E-state index in [-0.39, 0.29) is 5.69 Å². The second-order valence-corrected chi connectivity index (χ2v) is 5.94. The Labute approximate surface area is 151 Å². The standard InChI is InChI=1S/C20H20N2O4/c1-15-7-8-16-5-4-6-19(20(16)21-15)26-14-3-2-13-25-18-11-9-17(10-12-18)22(23)24/h4-12H,2-3,13-14H2,1H3. The summed E-state index contributed by atoms with van der Waals surface area (Å²) in [6.07, 6.45) is 1.67. The molecule has 0 aliphatic rings. The van der Waals surface area contributed by atoms with Crippen molar-refractivity contribution >= 4 is 16.6 Å². The predicted octanol–water partition coefficient (Wildman–Crippen LogP) is 4.69. The molecule has 3 rings (SSSR count). The lowest BCUT2D eigenvalue weighted by atomic mass is 10.2. The minimum absolute atomic E-state index is 0.0599. The molecule has 0 radical (unpaired) electrons. The Balaban J connectivity index is 1.43. The molecule has 6 heteroatoms. The molecule has 1 heterocycles. The van der Waals surface area contributed by atoms with Crippen molar-refractivity contribution in [1.29, 1.82) is 0 Å². The minimum Gasteiger partial charge on any atom is -0.494 e. The summed E-state index contributed by atoms with van der Waals surface area (Å²) >= 11 is 0. The van der Waals surface area contributed by atoms with E-state index < -0.39 is 4.92 Å². The molecule has 0 atom stereocenters. The van der Waals surface area contributed by atoms with Crippen molar-refractivity contribution in [3.05, 3.63) is 70.4 Å². The van der Waals surface area contributed by atoms with Crippen LogP contribution in [0.1, 0.15) is 18.5 Å². The summed E-state index contributed by atoms with van der Waals surface area (Å²) < 4.78 is 11.5. The smallest absolute Gasteiger partial charge is 0.269 e. The SMILES string of the molecule is Cc1ccc2cccc(OCCCCOc3ccc([N+](=O)[O-])cc3)c2n1. The number of fused-ring (bicyclic) bond motifs is 1. The molecule has 0 bridgehead atoms. The molecule has 0 fully saturated rings. The van der Waals surface area contributed by atoms with E-state index in [2.05, 4.69) is 4.98 Å². The molecule has 134 valence electrons. The number of hydrogen-bond acceptors (Lipinski definition) is 5. The maximum atomic E-state index is 10.6. The Kier molecular flexibility index (Phi) is 5.63. The summed E-state index contributed by atoms with van der Waals surface area (Å²) in [5.41, 5.74) is 1.91. The van der Waals surface area contributed by atoms with E-state index in [0.717, 1.165) is 35.2 Å². The average molecular weight is 352 g/mol. The zero-order chi connectivity index (χ0) is 18.4. The van der Waals surface area contributed by atoms with Crippen LogP contribution in [-0.4, -0.2) is 23.1 Å². The van der Waals surface area contributed by atoms with E-state index in [9.17, 15) is 10.1 Å². The van der Waals surface area contributed by atoms with Gasteiger partial charge in [-0.1, -0.05) is 18.2 Å². The monoisotopic (exact) mass is 352 g/mol. The number of hydrogen-bond donors (Lipinski definition) is 0. The molecule has 3 aromatic rings. The van der Waals surface area contributed by atoms with Crippen molar-refractivity contribution < 1.29 is 14.4 Å². The van der Waals surface area contributed by atoms with Crippen LogP contribution in [0.25, 0.3) is 10.9 Å². The third-order valence-electron chi connectivity index (χ3n) is 3.93. The van der Waals surface area contributed by atoms with Crippen LogP contribution in [0.15, 0.2) is 54.6 Å². The first-order valence-corrected chi connectivity index (χ1v) is 8.50. The van der Waals surface area contributed by atoms with Gasteiger partial charge in [0.2, 0.25) is 0 Å². The van der Waals surface area contributed by atoms with E-state index in [0.29, 0.717) is 19.0 Å². The first-order chi connectivity index (χ1) is 12.6. The van der Waals surface area contributed by atoms with Gasteiger partial charge >= 0.3 is 0 Å². The van der Waals surface area contributed by atoms with Crippen molar-refractivity contribution in [3.8, 4) is 11.5 Å². The molecule has 6 nitrogen and oxygen atoms in total. The van der Waals surface area contributed by atoms with Gasteiger partial charge in [0.05, 0.1) is 18.1 Å². The first kappa shape index (κ1) is 17.7. The number of non-ortho nitro benzene ring substituents is 1. The molecule has 26 heavy (non-hydrogen) atoms. The summed E-state index contributed by atoms with van der Waals surface area (Å²) in [7, 11) is 0. The molecule has 1 aromatic heterocycles. The van der Waals surface area contributed by atoms with Crippen LogP contribution in [0.5, 0.6) is 11.5 Å².